The lowest BCUT2D eigenvalue weighted by Gasteiger charge is -2.13. The van der Waals surface area contributed by atoms with E-state index in [2.05, 4.69) is 10.2 Å². The third-order valence-electron chi connectivity index (χ3n) is 3.20. The van der Waals surface area contributed by atoms with Crippen LogP contribution in [0.4, 0.5) is 0 Å². The molecule has 3 N–H and O–H groups in total. The molecular formula is C14H12N4O2. The second kappa shape index (κ2) is 4.63. The van der Waals surface area contributed by atoms with Crippen molar-refractivity contribution >= 4 is 0 Å². The molecule has 6 heteroatoms. The number of H-pyrrole nitrogens is 1. The van der Waals surface area contributed by atoms with Crippen molar-refractivity contribution in [1.82, 2.24) is 10.2 Å². The van der Waals surface area contributed by atoms with Gasteiger partial charge in [0.1, 0.15) is 11.8 Å². The van der Waals surface area contributed by atoms with E-state index in [0.717, 1.165) is 22.6 Å². The van der Waals surface area contributed by atoms with E-state index in [1.54, 1.807) is 7.11 Å². The Kier molecular flexibility index (Phi) is 2.80. The van der Waals surface area contributed by atoms with Gasteiger partial charge in [-0.2, -0.15) is 5.26 Å². The van der Waals surface area contributed by atoms with Crippen molar-refractivity contribution in [3.05, 3.63) is 41.3 Å². The lowest BCUT2D eigenvalue weighted by atomic mass is 10.0. The van der Waals surface area contributed by atoms with Crippen LogP contribution in [-0.2, 0) is 6.42 Å². The molecule has 0 fully saturated rings. The topological polar surface area (TPSA) is 97.0 Å². The van der Waals surface area contributed by atoms with E-state index in [1.165, 1.54) is 0 Å². The van der Waals surface area contributed by atoms with Crippen LogP contribution in [0.25, 0.3) is 11.3 Å². The Morgan fingerprint density at radius 2 is 2.15 bits per heavy atom. The molecule has 0 amide bonds. The van der Waals surface area contributed by atoms with E-state index < -0.39 is 0 Å². The van der Waals surface area contributed by atoms with Crippen molar-refractivity contribution in [1.29, 1.82) is 5.26 Å². The fourth-order valence-corrected chi connectivity index (χ4v) is 2.12. The van der Waals surface area contributed by atoms with E-state index >= 15 is 0 Å². The molecule has 0 radical (unpaired) electrons. The number of hydrogen-bond acceptors (Lipinski definition) is 5. The van der Waals surface area contributed by atoms with Crippen LogP contribution in [0.2, 0.25) is 0 Å². The van der Waals surface area contributed by atoms with Gasteiger partial charge in [0, 0.05) is 17.5 Å². The van der Waals surface area contributed by atoms with Gasteiger partial charge < -0.3 is 15.2 Å². The van der Waals surface area contributed by atoms with Crippen molar-refractivity contribution in [3.8, 4) is 29.0 Å². The summed E-state index contributed by atoms with van der Waals surface area (Å²) in [4.78, 5) is 0. The molecule has 0 spiro atoms. The molecule has 1 aliphatic rings. The van der Waals surface area contributed by atoms with Gasteiger partial charge in [0.2, 0.25) is 11.8 Å². The molecule has 100 valence electrons. The van der Waals surface area contributed by atoms with Gasteiger partial charge in [-0.05, 0) is 24.3 Å². The number of nitrogens with zero attached hydrogens (tertiary/aromatic N) is 2. The van der Waals surface area contributed by atoms with Gasteiger partial charge in [-0.15, -0.1) is 5.10 Å². The third-order valence-corrected chi connectivity index (χ3v) is 3.20. The second-order valence-corrected chi connectivity index (χ2v) is 4.34. The van der Waals surface area contributed by atoms with E-state index in [0.29, 0.717) is 17.9 Å². The van der Waals surface area contributed by atoms with Crippen molar-refractivity contribution in [2.75, 3.05) is 7.11 Å². The highest BCUT2D eigenvalue weighted by atomic mass is 16.5. The first kappa shape index (κ1) is 12.1. The zero-order chi connectivity index (χ0) is 14.1. The van der Waals surface area contributed by atoms with Gasteiger partial charge in [-0.25, -0.2) is 0 Å². The van der Waals surface area contributed by atoms with E-state index in [1.807, 2.05) is 30.3 Å². The number of allylic oxidation sites excluding steroid dienone is 1. The summed E-state index contributed by atoms with van der Waals surface area (Å²) in [5, 5.41) is 16.1. The molecule has 0 saturated carbocycles. The van der Waals surface area contributed by atoms with Gasteiger partial charge in [-0.1, -0.05) is 0 Å². The van der Waals surface area contributed by atoms with Crippen LogP contribution in [0.5, 0.6) is 11.6 Å². The number of aromatic nitrogens is 2. The van der Waals surface area contributed by atoms with Crippen LogP contribution in [-0.4, -0.2) is 17.3 Å². The van der Waals surface area contributed by atoms with Gasteiger partial charge in [0.15, 0.2) is 0 Å². The lowest BCUT2D eigenvalue weighted by molar-refractivity contribution is 0.384. The number of aromatic amines is 1. The highest BCUT2D eigenvalue weighted by Gasteiger charge is 2.24. The zero-order valence-electron chi connectivity index (χ0n) is 10.8. The average Bonchev–Trinajstić information content (AvgIpc) is 2.89. The number of ether oxygens (including phenoxy) is 2. The largest absolute Gasteiger partial charge is 0.497 e. The maximum Gasteiger partial charge on any atom is 0.243 e. The highest BCUT2D eigenvalue weighted by molar-refractivity contribution is 5.67. The van der Waals surface area contributed by atoms with Crippen molar-refractivity contribution in [2.24, 2.45) is 5.73 Å². The van der Waals surface area contributed by atoms with Crippen LogP contribution in [0.15, 0.2) is 35.7 Å². The molecule has 0 bridgehead atoms. The molecule has 3 rings (SSSR count). The molecule has 0 atom stereocenters. The first-order valence-corrected chi connectivity index (χ1v) is 6.01. The Morgan fingerprint density at radius 1 is 1.40 bits per heavy atom. The predicted octanol–water partition coefficient (Wildman–Crippen LogP) is 1.71. The Labute approximate surface area is 115 Å². The summed E-state index contributed by atoms with van der Waals surface area (Å²) in [6, 6.07) is 9.61. The second-order valence-electron chi connectivity index (χ2n) is 4.34. The molecule has 1 aliphatic heterocycles. The van der Waals surface area contributed by atoms with E-state index in [4.69, 9.17) is 20.5 Å². The Hall–Kier alpha value is -2.94. The third kappa shape index (κ3) is 1.86. The smallest absolute Gasteiger partial charge is 0.243 e. The summed E-state index contributed by atoms with van der Waals surface area (Å²) in [5.74, 6) is 1.32. The normalized spacial score (nSPS) is 13.4. The maximum atomic E-state index is 9.04. The van der Waals surface area contributed by atoms with Crippen LogP contribution in [0.1, 0.15) is 5.56 Å². The van der Waals surface area contributed by atoms with Crippen molar-refractivity contribution < 1.29 is 9.47 Å². The van der Waals surface area contributed by atoms with Crippen LogP contribution in [0.3, 0.4) is 0 Å². The SMILES string of the molecule is COc1ccc(-c2[nH]nc3c2CC(C#N)=C(N)O3)cc1. The van der Waals surface area contributed by atoms with Crippen molar-refractivity contribution in [3.63, 3.8) is 0 Å². The fraction of sp³-hybridized carbons (Fsp3) is 0.143. The molecule has 2 aromatic rings. The molecule has 0 unspecified atom stereocenters. The number of fused-ring (bicyclic) bond motifs is 1. The molecule has 6 nitrogen and oxygen atoms in total. The quantitative estimate of drug-likeness (QED) is 0.864. The molecule has 2 heterocycles. The molecule has 20 heavy (non-hydrogen) atoms. The van der Waals surface area contributed by atoms with E-state index in [-0.39, 0.29) is 5.88 Å². The number of methoxy groups -OCH3 is 1. The van der Waals surface area contributed by atoms with Gasteiger partial charge in [0.05, 0.1) is 18.4 Å². The number of rotatable bonds is 2. The molecule has 1 aromatic carbocycles. The maximum absolute atomic E-state index is 9.04. The zero-order valence-corrected chi connectivity index (χ0v) is 10.8. The van der Waals surface area contributed by atoms with Crippen LogP contribution < -0.4 is 15.2 Å². The summed E-state index contributed by atoms with van der Waals surface area (Å²) in [6.45, 7) is 0. The fourth-order valence-electron chi connectivity index (χ4n) is 2.12. The molecule has 0 saturated heterocycles. The highest BCUT2D eigenvalue weighted by Crippen LogP contribution is 2.34. The minimum absolute atomic E-state index is 0.118. The van der Waals surface area contributed by atoms with Gasteiger partial charge >= 0.3 is 0 Å². The first-order valence-electron chi connectivity index (χ1n) is 6.01. The van der Waals surface area contributed by atoms with E-state index in [9.17, 15) is 0 Å². The number of nitrogens with two attached hydrogens (primary N) is 1. The summed E-state index contributed by atoms with van der Waals surface area (Å²) in [7, 11) is 1.62. The molecule has 0 aliphatic carbocycles. The van der Waals surface area contributed by atoms with Gasteiger partial charge in [-0.3, -0.25) is 5.10 Å². The minimum Gasteiger partial charge on any atom is -0.497 e. The standard InChI is InChI=1S/C14H12N4O2/c1-19-10-4-2-8(3-5-10)12-11-6-9(7-15)13(16)20-14(11)18-17-12/h2-5H,6,16H2,1H3,(H,17,18). The van der Waals surface area contributed by atoms with Gasteiger partial charge in [0.25, 0.3) is 0 Å². The number of hydrogen-bond donors (Lipinski definition) is 2. The Balaban J connectivity index is 2.01. The Bertz CT molecular complexity index is 723. The average molecular weight is 268 g/mol. The number of nitrogens with one attached hydrogen (secondary N) is 1. The Morgan fingerprint density at radius 3 is 2.80 bits per heavy atom. The summed E-state index contributed by atoms with van der Waals surface area (Å²) in [6.07, 6.45) is 0.412. The molecule has 1 aromatic heterocycles. The lowest BCUT2D eigenvalue weighted by Crippen LogP contribution is -2.16. The summed E-state index contributed by atoms with van der Waals surface area (Å²) >= 11 is 0. The predicted molar refractivity (Wildman–Crippen MR) is 71.7 cm³/mol. The van der Waals surface area contributed by atoms with Crippen molar-refractivity contribution in [2.45, 2.75) is 6.42 Å². The van der Waals surface area contributed by atoms with Crippen LogP contribution in [0, 0.1) is 11.3 Å². The monoisotopic (exact) mass is 268 g/mol. The first-order chi connectivity index (χ1) is 9.72. The van der Waals surface area contributed by atoms with Crippen LogP contribution >= 0.6 is 0 Å². The molecular weight excluding hydrogens is 256 g/mol. The number of nitriles is 1. The summed E-state index contributed by atoms with van der Waals surface area (Å²) in [5.41, 5.74) is 8.67. The minimum atomic E-state index is 0.118. The summed E-state index contributed by atoms with van der Waals surface area (Å²) < 4.78 is 10.5. The number of benzene rings is 1.